The Labute approximate surface area is 134 Å². The van der Waals surface area contributed by atoms with Crippen LogP contribution in [0.2, 0.25) is 0 Å². The summed E-state index contributed by atoms with van der Waals surface area (Å²) in [6, 6.07) is 1.89. The van der Waals surface area contributed by atoms with Crippen LogP contribution < -0.4 is 4.90 Å². The molecule has 0 spiro atoms. The SMILES string of the molecule is O=Cc1nc2c(cc1CN1CCCCOC1=O)CCCN2C=O. The molecule has 122 valence electrons. The highest BCUT2D eigenvalue weighted by Crippen LogP contribution is 2.27. The molecule has 0 radical (unpaired) electrons. The zero-order chi connectivity index (χ0) is 16.2. The van der Waals surface area contributed by atoms with Crippen LogP contribution >= 0.6 is 0 Å². The first kappa shape index (κ1) is 15.5. The average molecular weight is 317 g/mol. The number of hydrogen-bond donors (Lipinski definition) is 0. The van der Waals surface area contributed by atoms with E-state index < -0.39 is 0 Å². The molecule has 0 aliphatic carbocycles. The lowest BCUT2D eigenvalue weighted by Gasteiger charge is -2.26. The smallest absolute Gasteiger partial charge is 0.410 e. The summed E-state index contributed by atoms with van der Waals surface area (Å²) in [4.78, 5) is 41.9. The molecule has 0 aromatic carbocycles. The topological polar surface area (TPSA) is 79.8 Å². The molecule has 2 aliphatic rings. The minimum absolute atomic E-state index is 0.273. The van der Waals surface area contributed by atoms with Crippen molar-refractivity contribution in [2.45, 2.75) is 32.2 Å². The second kappa shape index (κ2) is 6.76. The van der Waals surface area contributed by atoms with Crippen LogP contribution in [0.1, 0.15) is 40.9 Å². The Balaban J connectivity index is 1.91. The number of rotatable bonds is 4. The van der Waals surface area contributed by atoms with Crippen molar-refractivity contribution in [1.82, 2.24) is 9.88 Å². The number of ether oxygens (including phenoxy) is 1. The fourth-order valence-corrected chi connectivity index (χ4v) is 3.01. The van der Waals surface area contributed by atoms with Crippen molar-refractivity contribution in [2.75, 3.05) is 24.6 Å². The molecule has 2 aliphatic heterocycles. The van der Waals surface area contributed by atoms with Gasteiger partial charge in [-0.15, -0.1) is 0 Å². The van der Waals surface area contributed by atoms with Crippen molar-refractivity contribution in [2.24, 2.45) is 0 Å². The summed E-state index contributed by atoms with van der Waals surface area (Å²) in [5.74, 6) is 0.551. The third kappa shape index (κ3) is 3.18. The van der Waals surface area contributed by atoms with Crippen LogP contribution in [0.4, 0.5) is 10.6 Å². The van der Waals surface area contributed by atoms with Crippen LogP contribution in [0.3, 0.4) is 0 Å². The van der Waals surface area contributed by atoms with Crippen LogP contribution in [0, 0.1) is 0 Å². The van der Waals surface area contributed by atoms with E-state index in [1.165, 1.54) is 4.90 Å². The van der Waals surface area contributed by atoms with Gasteiger partial charge < -0.3 is 9.64 Å². The second-order valence-corrected chi connectivity index (χ2v) is 5.78. The first-order valence-corrected chi connectivity index (χ1v) is 7.84. The maximum absolute atomic E-state index is 11.9. The highest BCUT2D eigenvalue weighted by Gasteiger charge is 2.24. The molecule has 0 atom stereocenters. The van der Waals surface area contributed by atoms with Crippen molar-refractivity contribution in [3.05, 3.63) is 22.9 Å². The summed E-state index contributed by atoms with van der Waals surface area (Å²) < 4.78 is 5.13. The number of pyridine rings is 1. The Morgan fingerprint density at radius 2 is 2.09 bits per heavy atom. The van der Waals surface area contributed by atoms with Crippen LogP contribution in [-0.4, -0.2) is 48.4 Å². The van der Waals surface area contributed by atoms with E-state index in [9.17, 15) is 14.4 Å². The summed E-state index contributed by atoms with van der Waals surface area (Å²) in [6.45, 7) is 1.95. The molecule has 3 rings (SSSR count). The Morgan fingerprint density at radius 1 is 1.22 bits per heavy atom. The fraction of sp³-hybridized carbons (Fsp3) is 0.500. The van der Waals surface area contributed by atoms with E-state index in [2.05, 4.69) is 4.98 Å². The molecule has 1 aromatic heterocycles. The van der Waals surface area contributed by atoms with Gasteiger partial charge in [-0.05, 0) is 37.3 Å². The van der Waals surface area contributed by atoms with E-state index in [1.807, 2.05) is 6.07 Å². The summed E-state index contributed by atoms with van der Waals surface area (Å²) in [5, 5.41) is 0. The van der Waals surface area contributed by atoms with Gasteiger partial charge >= 0.3 is 6.09 Å². The van der Waals surface area contributed by atoms with Gasteiger partial charge in [0, 0.05) is 18.7 Å². The molecular weight excluding hydrogens is 298 g/mol. The third-order valence-electron chi connectivity index (χ3n) is 4.21. The van der Waals surface area contributed by atoms with Crippen LogP contribution in [0.5, 0.6) is 0 Å². The summed E-state index contributed by atoms with van der Waals surface area (Å²) >= 11 is 0. The number of cyclic esters (lactones) is 1. The van der Waals surface area contributed by atoms with Crippen molar-refractivity contribution in [3.63, 3.8) is 0 Å². The Bertz CT molecular complexity index is 632. The predicted octanol–water partition coefficient (Wildman–Crippen LogP) is 1.54. The quantitative estimate of drug-likeness (QED) is 0.787. The van der Waals surface area contributed by atoms with Gasteiger partial charge in [0.25, 0.3) is 0 Å². The Hall–Kier alpha value is -2.44. The standard InChI is InChI=1S/C16H19N3O4/c20-10-14-13(9-18-5-1-2-7-23-16(18)22)8-12-4-3-6-19(11-21)15(12)17-14/h8,10-11H,1-7,9H2. The fourth-order valence-electron chi connectivity index (χ4n) is 3.01. The highest BCUT2D eigenvalue weighted by molar-refractivity contribution is 5.81. The lowest BCUT2D eigenvalue weighted by atomic mass is 10.0. The van der Waals surface area contributed by atoms with Gasteiger partial charge in [0.1, 0.15) is 11.5 Å². The molecule has 0 unspecified atom stereocenters. The molecule has 3 heterocycles. The molecule has 1 aromatic rings. The van der Waals surface area contributed by atoms with Crippen LogP contribution in [0.15, 0.2) is 6.07 Å². The molecular formula is C16H19N3O4. The lowest BCUT2D eigenvalue weighted by Crippen LogP contribution is -2.32. The minimum Gasteiger partial charge on any atom is -0.449 e. The number of aryl methyl sites for hydroxylation is 1. The first-order valence-electron chi connectivity index (χ1n) is 7.84. The van der Waals surface area contributed by atoms with E-state index >= 15 is 0 Å². The molecule has 0 bridgehead atoms. The van der Waals surface area contributed by atoms with Gasteiger partial charge in [-0.2, -0.15) is 0 Å². The number of anilines is 1. The minimum atomic E-state index is -0.355. The number of fused-ring (bicyclic) bond motifs is 1. The number of hydrogen-bond acceptors (Lipinski definition) is 5. The molecule has 7 nitrogen and oxygen atoms in total. The lowest BCUT2D eigenvalue weighted by molar-refractivity contribution is -0.107. The highest BCUT2D eigenvalue weighted by atomic mass is 16.6. The average Bonchev–Trinajstić information content (AvgIpc) is 2.78. The molecule has 0 N–H and O–H groups in total. The number of aromatic nitrogens is 1. The van der Waals surface area contributed by atoms with Gasteiger partial charge in [0.2, 0.25) is 6.41 Å². The summed E-state index contributed by atoms with van der Waals surface area (Å²) in [7, 11) is 0. The van der Waals surface area contributed by atoms with Crippen molar-refractivity contribution in [1.29, 1.82) is 0 Å². The van der Waals surface area contributed by atoms with E-state index in [0.717, 1.165) is 37.7 Å². The number of carbonyl (C=O) groups is 3. The van der Waals surface area contributed by atoms with E-state index in [1.54, 1.807) is 4.90 Å². The van der Waals surface area contributed by atoms with Crippen molar-refractivity contribution in [3.8, 4) is 0 Å². The van der Waals surface area contributed by atoms with Crippen molar-refractivity contribution >= 4 is 24.6 Å². The van der Waals surface area contributed by atoms with Crippen LogP contribution in [0.25, 0.3) is 0 Å². The van der Waals surface area contributed by atoms with Gasteiger partial charge in [-0.25, -0.2) is 9.78 Å². The molecule has 2 amide bonds. The summed E-state index contributed by atoms with van der Waals surface area (Å²) in [6.07, 6.45) is 4.45. The normalized spacial score (nSPS) is 18.0. The van der Waals surface area contributed by atoms with E-state index in [0.29, 0.717) is 43.9 Å². The molecule has 1 saturated heterocycles. The maximum Gasteiger partial charge on any atom is 0.410 e. The Morgan fingerprint density at radius 3 is 2.87 bits per heavy atom. The maximum atomic E-state index is 11.9. The largest absolute Gasteiger partial charge is 0.449 e. The number of aldehydes is 1. The van der Waals surface area contributed by atoms with Gasteiger partial charge in [-0.3, -0.25) is 14.5 Å². The predicted molar refractivity (Wildman–Crippen MR) is 82.3 cm³/mol. The van der Waals surface area contributed by atoms with E-state index in [-0.39, 0.29) is 11.8 Å². The zero-order valence-corrected chi connectivity index (χ0v) is 12.9. The van der Waals surface area contributed by atoms with Gasteiger partial charge in [0.15, 0.2) is 6.29 Å². The van der Waals surface area contributed by atoms with Gasteiger partial charge in [-0.1, -0.05) is 0 Å². The number of amides is 2. The number of nitrogens with zero attached hydrogens (tertiary/aromatic N) is 3. The molecule has 7 heteroatoms. The number of carbonyl (C=O) groups excluding carboxylic acids is 3. The van der Waals surface area contributed by atoms with Gasteiger partial charge in [0.05, 0.1) is 13.2 Å². The monoisotopic (exact) mass is 317 g/mol. The zero-order valence-electron chi connectivity index (χ0n) is 12.9. The van der Waals surface area contributed by atoms with Crippen LogP contribution in [-0.2, 0) is 22.5 Å². The van der Waals surface area contributed by atoms with E-state index in [4.69, 9.17) is 4.74 Å². The molecule has 23 heavy (non-hydrogen) atoms. The second-order valence-electron chi connectivity index (χ2n) is 5.78. The molecule has 1 fully saturated rings. The third-order valence-corrected chi connectivity index (χ3v) is 4.21. The van der Waals surface area contributed by atoms with Crippen molar-refractivity contribution < 1.29 is 19.1 Å². The summed E-state index contributed by atoms with van der Waals surface area (Å²) in [5.41, 5.74) is 1.91. The first-order chi connectivity index (χ1) is 11.2. The molecule has 0 saturated carbocycles. The Kier molecular flexibility index (Phi) is 4.55.